The molecule has 2 aromatic heterocycles. The van der Waals surface area contributed by atoms with Crippen LogP contribution in [0, 0.1) is 5.92 Å². The van der Waals surface area contributed by atoms with Crippen molar-refractivity contribution in [2.45, 2.75) is 159 Å². The van der Waals surface area contributed by atoms with Gasteiger partial charge in [0.2, 0.25) is 47.3 Å². The summed E-state index contributed by atoms with van der Waals surface area (Å²) in [5.74, 6) is -6.63. The number of rotatable bonds is 33. The summed E-state index contributed by atoms with van der Waals surface area (Å²) in [7, 11) is 4.56. The number of aromatic nitrogens is 2. The van der Waals surface area contributed by atoms with Gasteiger partial charge in [-0.25, -0.2) is 0 Å². The third-order valence-electron chi connectivity index (χ3n) is 19.1. The number of carboxylic acids is 1. The van der Waals surface area contributed by atoms with Crippen LogP contribution in [-0.4, -0.2) is 171 Å². The lowest BCUT2D eigenvalue weighted by Crippen LogP contribution is -2.62. The van der Waals surface area contributed by atoms with Crippen LogP contribution in [0.15, 0.2) is 170 Å². The number of carbonyl (C=O) groups excluding carboxylic acids is 8. The Balaban J connectivity index is 1.06. The van der Waals surface area contributed by atoms with E-state index in [-0.39, 0.29) is 38.5 Å². The Kier molecular flexibility index (Phi) is 26.9. The first-order valence-corrected chi connectivity index (χ1v) is 35.7. The number of carbonyl (C=O) groups is 9. The van der Waals surface area contributed by atoms with Crippen molar-refractivity contribution in [1.29, 1.82) is 0 Å². The summed E-state index contributed by atoms with van der Waals surface area (Å²) in [6, 6.07) is 37.0. The van der Waals surface area contributed by atoms with Crippen LogP contribution in [0.3, 0.4) is 0 Å². The number of aromatic amines is 2. The van der Waals surface area contributed by atoms with E-state index in [1.54, 1.807) is 98.0 Å². The van der Waals surface area contributed by atoms with Crippen LogP contribution >= 0.6 is 11.6 Å². The Labute approximate surface area is 606 Å². The zero-order chi connectivity index (χ0) is 73.9. The molecule has 3 heterocycles. The number of para-hydroxylation sites is 2. The van der Waals surface area contributed by atoms with Gasteiger partial charge in [-0.2, -0.15) is 0 Å². The molecule has 4 unspecified atom stereocenters. The number of H-pyrrole nitrogens is 2. The zero-order valence-electron chi connectivity index (χ0n) is 59.8. The summed E-state index contributed by atoms with van der Waals surface area (Å²) in [6.07, 6.45) is 5.45. The number of nitrogens with one attached hydrogen (secondary N) is 8. The standard InChI is InChI=1S/C80H96ClN11O11/c1-9-50(2)71(76(99)88-67(47-70(93)94)79(102)92-38-21-12-22-39-92)89-75(98)69(44-52-26-15-11-16-27-52)91(8)78(101)66(46-56-49-84-62-33-20-18-31-60(56)62)87-74(97)68(43-51-24-13-10-14-25-51)90(7)77(100)65(45-55-48-83-61-32-19-17-30-59(55)61)86-73(96)64(41-53-34-36-58(37-35-53)103-80(3,4)5)85-72(95)63(82-6)42-54-28-23-29-57(81)40-54/h10-11,13-20,23-37,40,48-50,63-69,71,82-84H,9,12,21-22,38-39,41-47H2,1-8H3,(H,85,95)(H,86,96)(H,87,97)(H,88,99)(H,89,98)(H,93,94)/t50-,63?,64+,65-,66?,67?,68-,69-,71?/m0/s1. The minimum atomic E-state index is -1.43. The lowest BCUT2D eigenvalue weighted by molar-refractivity contribution is -0.146. The van der Waals surface area contributed by atoms with Gasteiger partial charge in [0.15, 0.2) is 0 Å². The van der Waals surface area contributed by atoms with E-state index in [0.717, 1.165) is 46.6 Å². The predicted octanol–water partition coefficient (Wildman–Crippen LogP) is 8.44. The number of likely N-dealkylation sites (tertiary alicyclic amines) is 1. The third-order valence-corrected chi connectivity index (χ3v) is 19.3. The number of piperidine rings is 1. The maximum Gasteiger partial charge on any atom is 0.305 e. The molecule has 1 aliphatic heterocycles. The summed E-state index contributed by atoms with van der Waals surface area (Å²) in [6.45, 7) is 10.2. The molecule has 6 aromatic carbocycles. The van der Waals surface area contributed by atoms with Crippen molar-refractivity contribution < 1.29 is 53.0 Å². The number of halogens is 1. The molecule has 0 aliphatic carbocycles. The van der Waals surface area contributed by atoms with Crippen LogP contribution in [-0.2, 0) is 81.7 Å². The van der Waals surface area contributed by atoms with Crippen LogP contribution in [0.4, 0.5) is 0 Å². The molecule has 23 heteroatoms. The second-order valence-corrected chi connectivity index (χ2v) is 28.2. The summed E-state index contributed by atoms with van der Waals surface area (Å²) in [4.78, 5) is 144. The normalized spacial score (nSPS) is 15.0. The quantitative estimate of drug-likeness (QED) is 0.0187. The minimum absolute atomic E-state index is 0.0120. The van der Waals surface area contributed by atoms with E-state index in [9.17, 15) is 24.3 Å². The van der Waals surface area contributed by atoms with Crippen molar-refractivity contribution in [3.63, 3.8) is 0 Å². The van der Waals surface area contributed by atoms with E-state index in [4.69, 9.17) is 16.3 Å². The fraction of sp³-hybridized carbons (Fsp3) is 0.388. The molecule has 1 fully saturated rings. The Morgan fingerprint density at radius 2 is 0.981 bits per heavy atom. The molecule has 22 nitrogen and oxygen atoms in total. The summed E-state index contributed by atoms with van der Waals surface area (Å²) < 4.78 is 6.12. The largest absolute Gasteiger partial charge is 0.488 e. The van der Waals surface area contributed by atoms with Crippen LogP contribution < -0.4 is 36.6 Å². The highest BCUT2D eigenvalue weighted by molar-refractivity contribution is 6.30. The van der Waals surface area contributed by atoms with Gasteiger partial charge >= 0.3 is 5.97 Å². The van der Waals surface area contributed by atoms with Crippen molar-refractivity contribution >= 4 is 86.6 Å². The number of fused-ring (bicyclic) bond motifs is 2. The number of carboxylic acid groups (broad SMARTS) is 1. The van der Waals surface area contributed by atoms with E-state index in [1.165, 1.54) is 23.9 Å². The molecule has 0 spiro atoms. The summed E-state index contributed by atoms with van der Waals surface area (Å²) in [5.41, 5.74) is 5.09. The topological polar surface area (TPSA) is 297 Å². The van der Waals surface area contributed by atoms with E-state index < -0.39 is 120 Å². The fourth-order valence-electron chi connectivity index (χ4n) is 13.2. The van der Waals surface area contributed by atoms with Crippen LogP contribution in [0.25, 0.3) is 21.8 Å². The maximum absolute atomic E-state index is 16.0. The maximum atomic E-state index is 16.0. The van der Waals surface area contributed by atoms with E-state index in [2.05, 4.69) is 41.9 Å². The van der Waals surface area contributed by atoms with Crippen LogP contribution in [0.5, 0.6) is 5.75 Å². The number of amides is 8. The number of benzene rings is 6. The Morgan fingerprint density at radius 3 is 1.49 bits per heavy atom. The highest BCUT2D eigenvalue weighted by Crippen LogP contribution is 2.26. The molecule has 8 amide bonds. The summed E-state index contributed by atoms with van der Waals surface area (Å²) >= 11 is 6.38. The molecular formula is C80H96ClN11O11. The minimum Gasteiger partial charge on any atom is -0.488 e. The lowest BCUT2D eigenvalue weighted by Gasteiger charge is -2.35. The Bertz CT molecular complexity index is 4230. The van der Waals surface area contributed by atoms with Crippen molar-refractivity contribution in [3.05, 3.63) is 209 Å². The Hall–Kier alpha value is -10.3. The van der Waals surface area contributed by atoms with Gasteiger partial charge in [-0.3, -0.25) is 43.2 Å². The van der Waals surface area contributed by atoms with Gasteiger partial charge < -0.3 is 66.4 Å². The summed E-state index contributed by atoms with van der Waals surface area (Å²) in [5, 5.41) is 29.8. The molecule has 0 saturated carbocycles. The van der Waals surface area contributed by atoms with Crippen LogP contribution in [0.2, 0.25) is 5.02 Å². The van der Waals surface area contributed by atoms with Gasteiger partial charge in [0, 0.05) is 98.5 Å². The highest BCUT2D eigenvalue weighted by atomic mass is 35.5. The van der Waals surface area contributed by atoms with E-state index in [1.807, 2.05) is 119 Å². The van der Waals surface area contributed by atoms with Gasteiger partial charge in [0.1, 0.15) is 53.6 Å². The first-order valence-electron chi connectivity index (χ1n) is 35.3. The second-order valence-electron chi connectivity index (χ2n) is 27.8. The average molecular weight is 1420 g/mol. The van der Waals surface area contributed by atoms with Gasteiger partial charge in [0.05, 0.1) is 12.5 Å². The van der Waals surface area contributed by atoms with Crippen molar-refractivity contribution in [2.75, 3.05) is 34.2 Å². The molecule has 9 N–H and O–H groups in total. The second kappa shape index (κ2) is 36.0. The molecule has 103 heavy (non-hydrogen) atoms. The zero-order valence-corrected chi connectivity index (χ0v) is 60.6. The smallest absolute Gasteiger partial charge is 0.305 e. The van der Waals surface area contributed by atoms with E-state index in [0.29, 0.717) is 58.1 Å². The first-order chi connectivity index (χ1) is 49.4. The average Bonchev–Trinajstić information content (AvgIpc) is 1.77. The molecule has 1 aliphatic rings. The number of hydrogen-bond donors (Lipinski definition) is 9. The Morgan fingerprint density at radius 1 is 0.524 bits per heavy atom. The highest BCUT2D eigenvalue weighted by Gasteiger charge is 2.41. The number of ether oxygens (including phenoxy) is 1. The molecular weight excluding hydrogens is 1330 g/mol. The number of nitrogens with zero attached hydrogens (tertiary/aromatic N) is 3. The molecule has 9 atom stereocenters. The van der Waals surface area contributed by atoms with Gasteiger partial charge in [0.25, 0.3) is 0 Å². The molecule has 9 rings (SSSR count). The fourth-order valence-corrected chi connectivity index (χ4v) is 13.4. The molecule has 544 valence electrons. The van der Waals surface area contributed by atoms with Crippen molar-refractivity contribution in [1.82, 2.24) is 56.6 Å². The van der Waals surface area contributed by atoms with Crippen molar-refractivity contribution in [3.8, 4) is 5.75 Å². The van der Waals surface area contributed by atoms with Crippen LogP contribution in [0.1, 0.15) is 100 Å². The van der Waals surface area contributed by atoms with E-state index >= 15 is 24.0 Å². The van der Waals surface area contributed by atoms with Gasteiger partial charge in [-0.05, 0) is 129 Å². The molecule has 0 bridgehead atoms. The van der Waals surface area contributed by atoms with Gasteiger partial charge in [-0.1, -0.05) is 153 Å². The first kappa shape index (κ1) is 76.9. The number of hydrogen-bond acceptors (Lipinski definition) is 11. The molecule has 1 saturated heterocycles. The van der Waals surface area contributed by atoms with Gasteiger partial charge in [-0.15, -0.1) is 0 Å². The monoisotopic (exact) mass is 1420 g/mol. The lowest BCUT2D eigenvalue weighted by atomic mass is 9.95. The van der Waals surface area contributed by atoms with Crippen molar-refractivity contribution in [2.24, 2.45) is 5.92 Å². The number of likely N-dealkylation sites (N-methyl/N-ethyl adjacent to an activating group) is 3. The SMILES string of the molecule is CC[C@H](C)C(NC(=O)[C@H](Cc1ccccc1)N(C)C(=O)C(Cc1c[nH]c2ccccc12)NC(=O)[C@H](Cc1ccccc1)N(C)C(=O)[C@H](Cc1c[nH]c2ccccc12)NC(=O)[C@@H](Cc1ccc(OC(C)(C)C)cc1)NC(=O)C(Cc1cccc(Cl)c1)NC)C(=O)NC(CC(=O)O)C(=O)N1CCCCC1. The molecule has 8 aromatic rings. The molecule has 0 radical (unpaired) electrons. The predicted molar refractivity (Wildman–Crippen MR) is 398 cm³/mol. The number of aliphatic carboxylic acids is 1. The third kappa shape index (κ3) is 21.2.